The molecular formula is C7H8F3NO3. The maximum Gasteiger partial charge on any atom is 0.471 e. The SMILES string of the molecule is CC1(C(=O)O)CN(C(=O)C(F)(F)F)C1. The Bertz CT molecular complexity index is 280. The van der Waals surface area contributed by atoms with Gasteiger partial charge in [-0.3, -0.25) is 9.59 Å². The number of rotatable bonds is 1. The number of nitrogens with zero attached hydrogens (tertiary/aromatic N) is 1. The lowest BCUT2D eigenvalue weighted by Crippen LogP contribution is -2.63. The minimum absolute atomic E-state index is 0.388. The van der Waals surface area contributed by atoms with Crippen molar-refractivity contribution in [2.75, 3.05) is 13.1 Å². The Morgan fingerprint density at radius 3 is 2.07 bits per heavy atom. The molecule has 1 amide bonds. The highest BCUT2D eigenvalue weighted by Gasteiger charge is 2.53. The van der Waals surface area contributed by atoms with E-state index in [-0.39, 0.29) is 13.1 Å². The molecule has 0 saturated carbocycles. The molecule has 7 heteroatoms. The number of likely N-dealkylation sites (tertiary alicyclic amines) is 1. The van der Waals surface area contributed by atoms with Gasteiger partial charge in [0.25, 0.3) is 0 Å². The van der Waals surface area contributed by atoms with Crippen molar-refractivity contribution in [3.8, 4) is 0 Å². The van der Waals surface area contributed by atoms with E-state index in [1.165, 1.54) is 6.92 Å². The lowest BCUT2D eigenvalue weighted by Gasteiger charge is -2.44. The van der Waals surface area contributed by atoms with Gasteiger partial charge in [-0.2, -0.15) is 13.2 Å². The second-order valence-electron chi connectivity index (χ2n) is 3.52. The maximum atomic E-state index is 11.8. The topological polar surface area (TPSA) is 57.6 Å². The fourth-order valence-corrected chi connectivity index (χ4v) is 1.25. The van der Waals surface area contributed by atoms with Crippen molar-refractivity contribution >= 4 is 11.9 Å². The fourth-order valence-electron chi connectivity index (χ4n) is 1.25. The van der Waals surface area contributed by atoms with E-state index in [1.807, 2.05) is 0 Å². The Labute approximate surface area is 77.3 Å². The molecule has 0 aromatic rings. The predicted octanol–water partition coefficient (Wildman–Crippen LogP) is 0.482. The van der Waals surface area contributed by atoms with Crippen LogP contribution in [-0.2, 0) is 9.59 Å². The minimum atomic E-state index is -4.92. The fraction of sp³-hybridized carbons (Fsp3) is 0.714. The van der Waals surface area contributed by atoms with E-state index < -0.39 is 23.5 Å². The van der Waals surface area contributed by atoms with Crippen molar-refractivity contribution in [3.63, 3.8) is 0 Å². The number of carboxylic acid groups (broad SMARTS) is 1. The van der Waals surface area contributed by atoms with E-state index in [4.69, 9.17) is 5.11 Å². The summed E-state index contributed by atoms with van der Waals surface area (Å²) < 4.78 is 35.5. The number of hydrogen-bond acceptors (Lipinski definition) is 2. The molecule has 14 heavy (non-hydrogen) atoms. The van der Waals surface area contributed by atoms with Crippen LogP contribution in [0.5, 0.6) is 0 Å². The first-order valence-corrected chi connectivity index (χ1v) is 3.76. The van der Waals surface area contributed by atoms with Crippen molar-refractivity contribution in [1.29, 1.82) is 0 Å². The van der Waals surface area contributed by atoms with Crippen molar-refractivity contribution in [2.45, 2.75) is 13.1 Å². The summed E-state index contributed by atoms with van der Waals surface area (Å²) >= 11 is 0. The monoisotopic (exact) mass is 211 g/mol. The highest BCUT2D eigenvalue weighted by molar-refractivity contribution is 5.86. The van der Waals surface area contributed by atoms with Gasteiger partial charge in [0.1, 0.15) is 5.41 Å². The third kappa shape index (κ3) is 1.66. The molecule has 0 aromatic heterocycles. The second-order valence-corrected chi connectivity index (χ2v) is 3.52. The van der Waals surface area contributed by atoms with Crippen molar-refractivity contribution in [1.82, 2.24) is 4.90 Å². The lowest BCUT2D eigenvalue weighted by atomic mass is 9.82. The lowest BCUT2D eigenvalue weighted by molar-refractivity contribution is -0.198. The van der Waals surface area contributed by atoms with Gasteiger partial charge >= 0.3 is 18.1 Å². The molecule has 1 aliphatic rings. The molecule has 0 bridgehead atoms. The van der Waals surface area contributed by atoms with E-state index in [9.17, 15) is 22.8 Å². The Hall–Kier alpha value is -1.27. The normalized spacial score (nSPS) is 20.1. The summed E-state index contributed by atoms with van der Waals surface area (Å²) in [6.45, 7) is 0.525. The van der Waals surface area contributed by atoms with Crippen LogP contribution in [0.3, 0.4) is 0 Å². The molecule has 4 nitrogen and oxygen atoms in total. The Morgan fingerprint density at radius 1 is 1.36 bits per heavy atom. The van der Waals surface area contributed by atoms with Gasteiger partial charge in [-0.05, 0) is 6.92 Å². The number of aliphatic carboxylic acids is 1. The number of amides is 1. The Morgan fingerprint density at radius 2 is 1.79 bits per heavy atom. The summed E-state index contributed by atoms with van der Waals surface area (Å²) in [5.74, 6) is -3.17. The minimum Gasteiger partial charge on any atom is -0.481 e. The summed E-state index contributed by atoms with van der Waals surface area (Å²) in [7, 11) is 0. The zero-order valence-electron chi connectivity index (χ0n) is 7.26. The number of alkyl halides is 3. The van der Waals surface area contributed by atoms with Crippen LogP contribution in [0.4, 0.5) is 13.2 Å². The van der Waals surface area contributed by atoms with E-state index in [0.717, 1.165) is 0 Å². The van der Waals surface area contributed by atoms with Crippen LogP contribution in [0.25, 0.3) is 0 Å². The van der Waals surface area contributed by atoms with Gasteiger partial charge in [0, 0.05) is 13.1 Å². The summed E-state index contributed by atoms with van der Waals surface area (Å²) in [5.41, 5.74) is -1.24. The number of carbonyl (C=O) groups is 2. The molecule has 0 unspecified atom stereocenters. The van der Waals surface area contributed by atoms with Gasteiger partial charge in [-0.15, -0.1) is 0 Å². The number of carbonyl (C=O) groups excluding carboxylic acids is 1. The molecule has 1 rings (SSSR count). The highest BCUT2D eigenvalue weighted by Crippen LogP contribution is 2.33. The van der Waals surface area contributed by atoms with E-state index >= 15 is 0 Å². The predicted molar refractivity (Wildman–Crippen MR) is 38.4 cm³/mol. The van der Waals surface area contributed by atoms with Crippen LogP contribution >= 0.6 is 0 Å². The summed E-state index contributed by atoms with van der Waals surface area (Å²) in [6, 6.07) is 0. The first-order valence-electron chi connectivity index (χ1n) is 3.76. The zero-order valence-corrected chi connectivity index (χ0v) is 7.26. The molecule has 1 N–H and O–H groups in total. The summed E-state index contributed by atoms with van der Waals surface area (Å²) in [4.78, 5) is 21.5. The molecule has 0 atom stereocenters. The molecule has 0 aliphatic carbocycles. The molecule has 1 saturated heterocycles. The van der Waals surface area contributed by atoms with Crippen LogP contribution in [-0.4, -0.2) is 41.1 Å². The van der Waals surface area contributed by atoms with Gasteiger partial charge in [0.15, 0.2) is 0 Å². The Balaban J connectivity index is 2.58. The summed E-state index contributed by atoms with van der Waals surface area (Å²) in [5, 5.41) is 8.58. The first-order chi connectivity index (χ1) is 6.17. The van der Waals surface area contributed by atoms with Crippen molar-refractivity contribution in [2.24, 2.45) is 5.41 Å². The Kier molecular flexibility index (Phi) is 2.21. The van der Waals surface area contributed by atoms with Crippen molar-refractivity contribution in [3.05, 3.63) is 0 Å². The molecule has 0 radical (unpaired) electrons. The van der Waals surface area contributed by atoms with E-state index in [1.54, 1.807) is 0 Å². The molecule has 0 spiro atoms. The van der Waals surface area contributed by atoms with Crippen LogP contribution < -0.4 is 0 Å². The zero-order chi connectivity index (χ0) is 11.1. The highest BCUT2D eigenvalue weighted by atomic mass is 19.4. The molecule has 1 fully saturated rings. The first kappa shape index (κ1) is 10.8. The molecule has 1 aliphatic heterocycles. The molecule has 1 heterocycles. The van der Waals surface area contributed by atoms with Gasteiger partial charge in [0.2, 0.25) is 0 Å². The maximum absolute atomic E-state index is 11.8. The smallest absolute Gasteiger partial charge is 0.471 e. The summed E-state index contributed by atoms with van der Waals surface area (Å²) in [6.07, 6.45) is -4.92. The third-order valence-corrected chi connectivity index (χ3v) is 2.13. The molecule has 0 aromatic carbocycles. The van der Waals surface area contributed by atoms with E-state index in [2.05, 4.69) is 0 Å². The largest absolute Gasteiger partial charge is 0.481 e. The number of hydrogen-bond donors (Lipinski definition) is 1. The average molecular weight is 211 g/mol. The third-order valence-electron chi connectivity index (χ3n) is 2.13. The standard InChI is InChI=1S/C7H8F3NO3/c1-6(5(13)14)2-11(3-6)4(12)7(8,9)10/h2-3H2,1H3,(H,13,14). The quantitative estimate of drug-likeness (QED) is 0.686. The van der Waals surface area contributed by atoms with Gasteiger partial charge in [-0.25, -0.2) is 0 Å². The van der Waals surface area contributed by atoms with Crippen LogP contribution in [0.2, 0.25) is 0 Å². The number of carboxylic acids is 1. The van der Waals surface area contributed by atoms with E-state index in [0.29, 0.717) is 4.90 Å². The average Bonchev–Trinajstić information content (AvgIpc) is 1.95. The van der Waals surface area contributed by atoms with Crippen LogP contribution in [0, 0.1) is 5.41 Å². The van der Waals surface area contributed by atoms with Crippen LogP contribution in [0.1, 0.15) is 6.92 Å². The second kappa shape index (κ2) is 2.86. The van der Waals surface area contributed by atoms with Gasteiger partial charge in [-0.1, -0.05) is 0 Å². The molecular weight excluding hydrogens is 203 g/mol. The van der Waals surface area contributed by atoms with Crippen LogP contribution in [0.15, 0.2) is 0 Å². The van der Waals surface area contributed by atoms with Crippen molar-refractivity contribution < 1.29 is 27.9 Å². The molecule has 80 valence electrons. The number of halogens is 3. The van der Waals surface area contributed by atoms with Gasteiger partial charge in [0.05, 0.1) is 0 Å². The van der Waals surface area contributed by atoms with Gasteiger partial charge < -0.3 is 10.0 Å².